The van der Waals surface area contributed by atoms with E-state index < -0.39 is 9.84 Å². The quantitative estimate of drug-likeness (QED) is 0.877. The first-order chi connectivity index (χ1) is 9.89. The summed E-state index contributed by atoms with van der Waals surface area (Å²) in [6.45, 7) is 0.942. The Labute approximate surface area is 130 Å². The molecule has 21 heavy (non-hydrogen) atoms. The van der Waals surface area contributed by atoms with E-state index in [9.17, 15) is 13.2 Å². The predicted octanol–water partition coefficient (Wildman–Crippen LogP) is 1.50. The van der Waals surface area contributed by atoms with Crippen molar-refractivity contribution in [3.63, 3.8) is 0 Å². The Kier molecular flexibility index (Phi) is 5.24. The van der Waals surface area contributed by atoms with Gasteiger partial charge in [0.25, 0.3) is 0 Å². The fourth-order valence-corrected chi connectivity index (χ4v) is 3.67. The van der Waals surface area contributed by atoms with Crippen LogP contribution < -0.4 is 10.6 Å². The Morgan fingerprint density at radius 2 is 2.14 bits per heavy atom. The van der Waals surface area contributed by atoms with Gasteiger partial charge in [-0.25, -0.2) is 8.42 Å². The Hall–Kier alpha value is -1.11. The highest BCUT2D eigenvalue weighted by molar-refractivity contribution is 7.90. The zero-order chi connectivity index (χ0) is 15.5. The van der Waals surface area contributed by atoms with Gasteiger partial charge in [-0.05, 0) is 31.4 Å². The van der Waals surface area contributed by atoms with Gasteiger partial charge < -0.3 is 10.6 Å². The molecule has 1 fully saturated rings. The molecular formula is C14H19ClN2O3S. The minimum absolute atomic E-state index is 0.0412. The van der Waals surface area contributed by atoms with Gasteiger partial charge in [0, 0.05) is 29.9 Å². The van der Waals surface area contributed by atoms with Crippen LogP contribution >= 0.6 is 11.6 Å². The number of amides is 1. The number of rotatable bonds is 4. The first-order valence-corrected chi connectivity index (χ1v) is 9.15. The molecular weight excluding hydrogens is 312 g/mol. The molecule has 1 saturated heterocycles. The summed E-state index contributed by atoms with van der Waals surface area (Å²) < 4.78 is 23.6. The van der Waals surface area contributed by atoms with E-state index in [1.807, 2.05) is 0 Å². The van der Waals surface area contributed by atoms with Gasteiger partial charge in [0.05, 0.1) is 10.9 Å². The molecule has 2 N–H and O–H groups in total. The van der Waals surface area contributed by atoms with Crippen molar-refractivity contribution in [3.05, 3.63) is 28.8 Å². The highest BCUT2D eigenvalue weighted by Gasteiger charge is 2.22. The molecule has 7 heteroatoms. The lowest BCUT2D eigenvalue weighted by Gasteiger charge is -2.17. The van der Waals surface area contributed by atoms with Crippen LogP contribution in [0.2, 0.25) is 5.02 Å². The van der Waals surface area contributed by atoms with E-state index in [1.165, 1.54) is 6.07 Å². The Bertz CT molecular complexity index is 631. The first kappa shape index (κ1) is 16.3. The molecule has 0 saturated carbocycles. The third kappa shape index (κ3) is 4.18. The second kappa shape index (κ2) is 6.77. The van der Waals surface area contributed by atoms with Crippen LogP contribution in [0.1, 0.15) is 24.8 Å². The lowest BCUT2D eigenvalue weighted by molar-refractivity contribution is -0.122. The molecule has 0 aliphatic carbocycles. The van der Waals surface area contributed by atoms with E-state index in [-0.39, 0.29) is 23.4 Å². The second-order valence-electron chi connectivity index (χ2n) is 5.21. The third-order valence-corrected chi connectivity index (χ3v) is 5.07. The Morgan fingerprint density at radius 3 is 2.86 bits per heavy atom. The molecule has 1 unspecified atom stereocenters. The topological polar surface area (TPSA) is 75.3 Å². The Balaban J connectivity index is 2.18. The van der Waals surface area contributed by atoms with Crippen LogP contribution in [-0.4, -0.2) is 33.2 Å². The molecule has 2 rings (SSSR count). The van der Waals surface area contributed by atoms with Crippen LogP contribution in [0.3, 0.4) is 0 Å². The molecule has 0 spiro atoms. The molecule has 1 aromatic rings. The normalized spacial score (nSPS) is 19.9. The number of carbonyl (C=O) groups excluding carboxylic acids is 1. The SMILES string of the molecule is CS(=O)(=O)c1cccc(Cl)c1CNC1CCCCNC1=O. The zero-order valence-electron chi connectivity index (χ0n) is 11.9. The fraction of sp³-hybridized carbons (Fsp3) is 0.500. The highest BCUT2D eigenvalue weighted by Crippen LogP contribution is 2.24. The van der Waals surface area contributed by atoms with Crippen molar-refractivity contribution >= 4 is 27.3 Å². The number of halogens is 1. The van der Waals surface area contributed by atoms with Crippen molar-refractivity contribution < 1.29 is 13.2 Å². The lowest BCUT2D eigenvalue weighted by Crippen LogP contribution is -2.42. The van der Waals surface area contributed by atoms with Gasteiger partial charge >= 0.3 is 0 Å². The van der Waals surface area contributed by atoms with E-state index in [4.69, 9.17) is 11.6 Å². The fourth-order valence-electron chi connectivity index (χ4n) is 2.42. The summed E-state index contributed by atoms with van der Waals surface area (Å²) >= 11 is 6.12. The van der Waals surface area contributed by atoms with Gasteiger partial charge in [0.15, 0.2) is 9.84 Å². The lowest BCUT2D eigenvalue weighted by atomic mass is 10.1. The van der Waals surface area contributed by atoms with Crippen LogP contribution in [0.4, 0.5) is 0 Å². The van der Waals surface area contributed by atoms with Crippen LogP contribution in [-0.2, 0) is 21.2 Å². The summed E-state index contributed by atoms with van der Waals surface area (Å²) in [4.78, 5) is 12.1. The molecule has 1 amide bonds. The Morgan fingerprint density at radius 1 is 1.38 bits per heavy atom. The number of hydrogen-bond donors (Lipinski definition) is 2. The van der Waals surface area contributed by atoms with E-state index in [2.05, 4.69) is 10.6 Å². The largest absolute Gasteiger partial charge is 0.355 e. The molecule has 1 atom stereocenters. The van der Waals surface area contributed by atoms with Gasteiger partial charge in [0.1, 0.15) is 0 Å². The molecule has 1 aliphatic heterocycles. The summed E-state index contributed by atoms with van der Waals surface area (Å²) in [5.74, 6) is -0.0412. The standard InChI is InChI=1S/C14H19ClN2O3S/c1-21(19,20)13-7-4-5-11(15)10(13)9-17-12-6-2-3-8-16-14(12)18/h4-5,7,12,17H,2-3,6,8-9H2,1H3,(H,16,18). The van der Waals surface area contributed by atoms with Crippen molar-refractivity contribution in [3.8, 4) is 0 Å². The van der Waals surface area contributed by atoms with Gasteiger partial charge in [-0.3, -0.25) is 4.79 Å². The maximum atomic E-state index is 11.9. The van der Waals surface area contributed by atoms with E-state index >= 15 is 0 Å². The van der Waals surface area contributed by atoms with Crippen molar-refractivity contribution in [1.29, 1.82) is 0 Å². The van der Waals surface area contributed by atoms with Gasteiger partial charge in [0.2, 0.25) is 5.91 Å². The second-order valence-corrected chi connectivity index (χ2v) is 7.60. The van der Waals surface area contributed by atoms with E-state index in [0.29, 0.717) is 17.1 Å². The molecule has 0 aromatic heterocycles. The molecule has 1 aliphatic rings. The molecule has 5 nitrogen and oxygen atoms in total. The number of sulfone groups is 1. The summed E-state index contributed by atoms with van der Waals surface area (Å²) in [6.07, 6.45) is 3.81. The van der Waals surface area contributed by atoms with Crippen LogP contribution in [0, 0.1) is 0 Å². The van der Waals surface area contributed by atoms with Crippen molar-refractivity contribution in [1.82, 2.24) is 10.6 Å². The van der Waals surface area contributed by atoms with Crippen LogP contribution in [0.25, 0.3) is 0 Å². The molecule has 0 radical (unpaired) electrons. The molecule has 0 bridgehead atoms. The predicted molar refractivity (Wildman–Crippen MR) is 82.1 cm³/mol. The number of carbonyl (C=O) groups is 1. The maximum Gasteiger partial charge on any atom is 0.237 e. The number of benzene rings is 1. The minimum atomic E-state index is -3.35. The van der Waals surface area contributed by atoms with Crippen LogP contribution in [0.5, 0.6) is 0 Å². The minimum Gasteiger partial charge on any atom is -0.355 e. The average Bonchev–Trinajstić information content (AvgIpc) is 2.61. The van der Waals surface area contributed by atoms with E-state index in [1.54, 1.807) is 12.1 Å². The van der Waals surface area contributed by atoms with Crippen molar-refractivity contribution in [2.45, 2.75) is 36.7 Å². The van der Waals surface area contributed by atoms with Crippen molar-refractivity contribution in [2.24, 2.45) is 0 Å². The highest BCUT2D eigenvalue weighted by atomic mass is 35.5. The molecule has 1 aromatic carbocycles. The summed E-state index contributed by atoms with van der Waals surface area (Å²) in [6, 6.07) is 4.49. The summed E-state index contributed by atoms with van der Waals surface area (Å²) in [7, 11) is -3.35. The maximum absolute atomic E-state index is 11.9. The average molecular weight is 331 g/mol. The van der Waals surface area contributed by atoms with Gasteiger partial charge in [-0.15, -0.1) is 0 Å². The van der Waals surface area contributed by atoms with Crippen LogP contribution in [0.15, 0.2) is 23.1 Å². The van der Waals surface area contributed by atoms with E-state index in [0.717, 1.165) is 25.5 Å². The summed E-state index contributed by atoms with van der Waals surface area (Å²) in [5, 5.41) is 6.35. The summed E-state index contributed by atoms with van der Waals surface area (Å²) in [5.41, 5.74) is 0.513. The molecule has 116 valence electrons. The smallest absolute Gasteiger partial charge is 0.237 e. The van der Waals surface area contributed by atoms with Gasteiger partial charge in [-0.1, -0.05) is 17.7 Å². The number of hydrogen-bond acceptors (Lipinski definition) is 4. The van der Waals surface area contributed by atoms with Crippen molar-refractivity contribution in [2.75, 3.05) is 12.8 Å². The zero-order valence-corrected chi connectivity index (χ0v) is 13.4. The first-order valence-electron chi connectivity index (χ1n) is 6.88. The van der Waals surface area contributed by atoms with Gasteiger partial charge in [-0.2, -0.15) is 0 Å². The molecule has 1 heterocycles. The third-order valence-electron chi connectivity index (χ3n) is 3.54. The number of nitrogens with one attached hydrogen (secondary N) is 2. The monoisotopic (exact) mass is 330 g/mol.